The Morgan fingerprint density at radius 3 is 2.40 bits per heavy atom. The molecule has 1 saturated heterocycles. The molecule has 0 spiro atoms. The normalized spacial score (nSPS) is 23.2. The minimum absolute atomic E-state index is 0.00198. The third kappa shape index (κ3) is 9.17. The van der Waals surface area contributed by atoms with Crippen molar-refractivity contribution in [3.8, 4) is 0 Å². The maximum absolute atomic E-state index is 13.4. The number of rotatable bonds is 8. The molecule has 0 unspecified atom stereocenters. The molecule has 0 radical (unpaired) electrons. The largest absolute Gasteiger partial charge is 0.462 e. The van der Waals surface area contributed by atoms with Crippen molar-refractivity contribution in [1.82, 2.24) is 15.5 Å². The summed E-state index contributed by atoms with van der Waals surface area (Å²) in [5, 5.41) is 15.2. The number of allylic oxidation sites excluding steroid dienone is 1. The lowest BCUT2D eigenvalue weighted by Crippen LogP contribution is -2.47. The van der Waals surface area contributed by atoms with Crippen LogP contribution in [0.5, 0.6) is 0 Å². The van der Waals surface area contributed by atoms with Crippen LogP contribution < -0.4 is 10.6 Å². The van der Waals surface area contributed by atoms with Crippen LogP contribution in [-0.4, -0.2) is 71.8 Å². The Labute approximate surface area is 246 Å². The Morgan fingerprint density at radius 1 is 1.00 bits per heavy atom. The van der Waals surface area contributed by atoms with Crippen LogP contribution in [-0.2, 0) is 36.9 Å². The second kappa shape index (κ2) is 15.7. The number of nitrogens with one attached hydrogen (secondary N) is 2. The Morgan fingerprint density at radius 2 is 1.69 bits per heavy atom. The molecular weight excluding hydrogens is 538 g/mol. The zero-order valence-electron chi connectivity index (χ0n) is 23.7. The van der Waals surface area contributed by atoms with Gasteiger partial charge in [-0.25, -0.2) is 9.59 Å². The zero-order chi connectivity index (χ0) is 29.7. The van der Waals surface area contributed by atoms with Gasteiger partial charge in [-0.1, -0.05) is 72.8 Å². The Balaban J connectivity index is 1.46. The molecular formula is C32H39N3O7. The van der Waals surface area contributed by atoms with Gasteiger partial charge in [0.25, 0.3) is 0 Å². The van der Waals surface area contributed by atoms with Crippen molar-refractivity contribution >= 4 is 23.9 Å². The summed E-state index contributed by atoms with van der Waals surface area (Å²) in [6.07, 6.45) is 5.07. The van der Waals surface area contributed by atoms with Crippen LogP contribution in [0.15, 0.2) is 72.8 Å². The molecule has 0 saturated carbocycles. The number of likely N-dealkylation sites (tertiary alicyclic amines) is 1. The summed E-state index contributed by atoms with van der Waals surface area (Å²) in [6.45, 7) is 0.406. The van der Waals surface area contributed by atoms with Crippen LogP contribution in [0.4, 0.5) is 4.79 Å². The van der Waals surface area contributed by atoms with E-state index in [2.05, 4.69) is 10.6 Å². The molecule has 2 aromatic rings. The summed E-state index contributed by atoms with van der Waals surface area (Å²) in [5.74, 6) is -1.76. The number of carbonyl (C=O) groups is 4. The highest BCUT2D eigenvalue weighted by atomic mass is 16.6. The molecule has 3 N–H and O–H groups in total. The summed E-state index contributed by atoms with van der Waals surface area (Å²) < 4.78 is 10.9. The second-order valence-electron chi connectivity index (χ2n) is 10.7. The minimum atomic E-state index is -0.993. The molecule has 224 valence electrons. The van der Waals surface area contributed by atoms with E-state index in [4.69, 9.17) is 9.47 Å². The first-order chi connectivity index (χ1) is 20.4. The van der Waals surface area contributed by atoms with E-state index in [1.165, 1.54) is 0 Å². The first kappa shape index (κ1) is 30.8. The highest BCUT2D eigenvalue weighted by molar-refractivity contribution is 5.86. The Hall–Kier alpha value is -4.18. The van der Waals surface area contributed by atoms with Gasteiger partial charge in [-0.05, 0) is 43.2 Å². The SMILES string of the molecule is O=C(N[C@@H]1CC=CC[C@H](CC(=O)N2CCC[C@H]2CO)C(=O)N[C@@H](Cc2ccccc2)COC1=O)OCc1ccccc1. The Bertz CT molecular complexity index is 1220. The van der Waals surface area contributed by atoms with E-state index in [-0.39, 0.29) is 56.9 Å². The zero-order valence-corrected chi connectivity index (χ0v) is 23.7. The molecule has 4 atom stereocenters. The van der Waals surface area contributed by atoms with Gasteiger partial charge in [0.1, 0.15) is 19.3 Å². The molecule has 1 fully saturated rings. The van der Waals surface area contributed by atoms with Crippen LogP contribution in [0.1, 0.15) is 43.2 Å². The topological polar surface area (TPSA) is 134 Å². The lowest BCUT2D eigenvalue weighted by atomic mass is 9.97. The van der Waals surface area contributed by atoms with E-state index in [0.717, 1.165) is 24.0 Å². The molecule has 2 aliphatic rings. The molecule has 4 rings (SSSR count). The molecule has 42 heavy (non-hydrogen) atoms. The summed E-state index contributed by atoms with van der Waals surface area (Å²) >= 11 is 0. The maximum atomic E-state index is 13.4. The summed E-state index contributed by atoms with van der Waals surface area (Å²) in [5.41, 5.74) is 1.76. The van der Waals surface area contributed by atoms with Crippen molar-refractivity contribution in [3.05, 3.63) is 83.9 Å². The lowest BCUT2D eigenvalue weighted by Gasteiger charge is -2.27. The lowest BCUT2D eigenvalue weighted by molar-refractivity contribution is -0.147. The van der Waals surface area contributed by atoms with E-state index in [0.29, 0.717) is 13.0 Å². The van der Waals surface area contributed by atoms with Crippen molar-refractivity contribution in [2.45, 2.75) is 63.3 Å². The number of amides is 3. The smallest absolute Gasteiger partial charge is 0.408 e. The number of ether oxygens (including phenoxy) is 2. The third-order valence-electron chi connectivity index (χ3n) is 7.55. The number of hydrogen-bond acceptors (Lipinski definition) is 7. The number of esters is 1. The van der Waals surface area contributed by atoms with E-state index >= 15 is 0 Å². The summed E-state index contributed by atoms with van der Waals surface area (Å²) in [7, 11) is 0. The number of aliphatic hydroxyl groups is 1. The third-order valence-corrected chi connectivity index (χ3v) is 7.55. The van der Waals surface area contributed by atoms with Crippen LogP contribution >= 0.6 is 0 Å². The number of aliphatic hydroxyl groups excluding tert-OH is 1. The van der Waals surface area contributed by atoms with Crippen LogP contribution in [0.3, 0.4) is 0 Å². The van der Waals surface area contributed by atoms with Gasteiger partial charge in [0.05, 0.1) is 24.6 Å². The fourth-order valence-corrected chi connectivity index (χ4v) is 5.23. The van der Waals surface area contributed by atoms with E-state index < -0.39 is 30.1 Å². The van der Waals surface area contributed by atoms with E-state index in [1.807, 2.05) is 60.7 Å². The molecule has 2 heterocycles. The van der Waals surface area contributed by atoms with Crippen LogP contribution in [0.25, 0.3) is 0 Å². The van der Waals surface area contributed by atoms with E-state index in [1.54, 1.807) is 17.1 Å². The molecule has 10 heteroatoms. The van der Waals surface area contributed by atoms with Crippen molar-refractivity contribution in [1.29, 1.82) is 0 Å². The van der Waals surface area contributed by atoms with Gasteiger partial charge >= 0.3 is 12.1 Å². The van der Waals surface area contributed by atoms with E-state index in [9.17, 15) is 24.3 Å². The molecule has 0 bridgehead atoms. The van der Waals surface area contributed by atoms with Crippen molar-refractivity contribution in [2.24, 2.45) is 5.92 Å². The van der Waals surface area contributed by atoms with Crippen LogP contribution in [0.2, 0.25) is 0 Å². The molecule has 3 amide bonds. The summed E-state index contributed by atoms with van der Waals surface area (Å²) in [6, 6.07) is 16.9. The standard InChI is InChI=1S/C32H39N3O7/c36-20-27-15-9-17-35(27)29(37)19-25-14-7-8-16-28(34-32(40)42-21-24-12-5-2-6-13-24)31(39)41-22-26(33-30(25)38)18-23-10-3-1-4-11-23/h1-8,10-13,25-28,36H,9,14-22H2,(H,33,38)(H,34,40)/t25-,26+,27+,28-/m1/s1. The summed E-state index contributed by atoms with van der Waals surface area (Å²) in [4.78, 5) is 53.8. The van der Waals surface area contributed by atoms with Crippen LogP contribution in [0, 0.1) is 5.92 Å². The molecule has 10 nitrogen and oxygen atoms in total. The second-order valence-corrected chi connectivity index (χ2v) is 10.7. The van der Waals surface area contributed by atoms with Crippen molar-refractivity contribution < 1.29 is 33.8 Å². The van der Waals surface area contributed by atoms with Crippen molar-refractivity contribution in [2.75, 3.05) is 19.8 Å². The molecule has 0 aliphatic carbocycles. The fraction of sp³-hybridized carbons (Fsp3) is 0.438. The number of hydrogen-bond donors (Lipinski definition) is 3. The average molecular weight is 578 g/mol. The highest BCUT2D eigenvalue weighted by Crippen LogP contribution is 2.21. The van der Waals surface area contributed by atoms with Gasteiger partial charge < -0.3 is 30.1 Å². The van der Waals surface area contributed by atoms with Gasteiger partial charge in [0, 0.05) is 13.0 Å². The minimum Gasteiger partial charge on any atom is -0.462 e. The van der Waals surface area contributed by atoms with Gasteiger partial charge in [-0.3, -0.25) is 9.59 Å². The monoisotopic (exact) mass is 577 g/mol. The first-order valence-electron chi connectivity index (χ1n) is 14.5. The number of benzene rings is 2. The average Bonchev–Trinajstić information content (AvgIpc) is 3.49. The highest BCUT2D eigenvalue weighted by Gasteiger charge is 2.32. The molecule has 0 aromatic heterocycles. The van der Waals surface area contributed by atoms with Crippen molar-refractivity contribution in [3.63, 3.8) is 0 Å². The molecule has 2 aromatic carbocycles. The number of cyclic esters (lactones) is 1. The predicted octanol–water partition coefficient (Wildman–Crippen LogP) is 2.89. The van der Waals surface area contributed by atoms with Gasteiger partial charge in [-0.15, -0.1) is 0 Å². The van der Waals surface area contributed by atoms with Gasteiger partial charge in [0.15, 0.2) is 0 Å². The first-order valence-corrected chi connectivity index (χ1v) is 14.5. The van der Waals surface area contributed by atoms with Gasteiger partial charge in [0.2, 0.25) is 11.8 Å². The molecule has 2 aliphatic heterocycles. The number of carbonyl (C=O) groups excluding carboxylic acids is 4. The predicted molar refractivity (Wildman–Crippen MR) is 155 cm³/mol. The fourth-order valence-electron chi connectivity index (χ4n) is 5.23. The number of nitrogens with zero attached hydrogens (tertiary/aromatic N) is 1. The number of alkyl carbamates (subject to hydrolysis) is 1. The maximum Gasteiger partial charge on any atom is 0.408 e. The van der Waals surface area contributed by atoms with Gasteiger partial charge in [-0.2, -0.15) is 0 Å². The Kier molecular flexibility index (Phi) is 11.5. The quantitative estimate of drug-likeness (QED) is 0.325.